The minimum atomic E-state index is -0.402. The van der Waals surface area contributed by atoms with Crippen LogP contribution in [0.25, 0.3) is 0 Å². The Bertz CT molecular complexity index is 763. The fourth-order valence-corrected chi connectivity index (χ4v) is 2.68. The molecule has 0 radical (unpaired) electrons. The molecule has 0 aliphatic carbocycles. The van der Waals surface area contributed by atoms with E-state index in [9.17, 15) is 4.79 Å². The van der Waals surface area contributed by atoms with Gasteiger partial charge in [0.15, 0.2) is 0 Å². The summed E-state index contributed by atoms with van der Waals surface area (Å²) in [5.74, 6) is 2.06. The molecule has 0 aromatic heterocycles. The van der Waals surface area contributed by atoms with Gasteiger partial charge in [-0.1, -0.05) is 46.5 Å². The molecule has 4 heteroatoms. The lowest BCUT2D eigenvalue weighted by molar-refractivity contribution is 0.0734. The lowest BCUT2D eigenvalue weighted by atomic mass is 10.1. The summed E-state index contributed by atoms with van der Waals surface area (Å²) >= 11 is 0. The zero-order chi connectivity index (χ0) is 21.6. The monoisotopic (exact) mass is 410 g/mol. The van der Waals surface area contributed by atoms with Gasteiger partial charge in [0, 0.05) is 0 Å². The van der Waals surface area contributed by atoms with Crippen molar-refractivity contribution in [2.45, 2.75) is 59.3 Å². The lowest BCUT2D eigenvalue weighted by Gasteiger charge is -2.11. The normalized spacial score (nSPS) is 12.0. The van der Waals surface area contributed by atoms with Gasteiger partial charge in [-0.15, -0.1) is 0 Å². The number of benzene rings is 2. The van der Waals surface area contributed by atoms with Crippen LogP contribution < -0.4 is 14.2 Å². The van der Waals surface area contributed by atoms with Crippen molar-refractivity contribution in [2.75, 3.05) is 6.61 Å². The van der Waals surface area contributed by atoms with Gasteiger partial charge in [-0.05, 0) is 73.4 Å². The average molecular weight is 411 g/mol. The Hall–Kier alpha value is -2.75. The van der Waals surface area contributed by atoms with Crippen molar-refractivity contribution in [3.8, 4) is 17.2 Å². The van der Waals surface area contributed by atoms with Gasteiger partial charge in [-0.2, -0.15) is 0 Å². The molecule has 0 saturated carbocycles. The zero-order valence-electron chi connectivity index (χ0n) is 18.4. The van der Waals surface area contributed by atoms with Gasteiger partial charge in [-0.3, -0.25) is 0 Å². The maximum atomic E-state index is 12.3. The molecule has 2 aromatic rings. The summed E-state index contributed by atoms with van der Waals surface area (Å²) in [6, 6.07) is 14.1. The average Bonchev–Trinajstić information content (AvgIpc) is 2.78. The standard InChI is InChI=1S/C26H34O4/c1-4-6-7-8-9-10-19-28-23-13-11-22(12-14-23)26(27)30-25-17-15-24(16-18-25)29-20-21(3)5-2/h10-19,21H,4-9,20H2,1-3H3. The van der Waals surface area contributed by atoms with E-state index >= 15 is 0 Å². The van der Waals surface area contributed by atoms with Gasteiger partial charge in [-0.25, -0.2) is 4.79 Å². The minimum Gasteiger partial charge on any atom is -0.493 e. The molecule has 2 aromatic carbocycles. The van der Waals surface area contributed by atoms with Gasteiger partial charge < -0.3 is 14.2 Å². The molecule has 0 fully saturated rings. The molecule has 30 heavy (non-hydrogen) atoms. The molecular formula is C26H34O4. The SMILES string of the molecule is CCCCCCC=COc1ccc(C(=O)Oc2ccc(OCC(C)CC)cc2)cc1. The van der Waals surface area contributed by atoms with Crippen molar-refractivity contribution in [1.29, 1.82) is 0 Å². The molecule has 0 saturated heterocycles. The van der Waals surface area contributed by atoms with Crippen LogP contribution in [-0.2, 0) is 0 Å². The zero-order valence-corrected chi connectivity index (χ0v) is 18.4. The Labute approximate surface area is 180 Å². The van der Waals surface area contributed by atoms with Crippen LogP contribution in [0.5, 0.6) is 17.2 Å². The summed E-state index contributed by atoms with van der Waals surface area (Å²) in [6.07, 6.45) is 10.8. The van der Waals surface area contributed by atoms with E-state index in [0.717, 1.165) is 18.6 Å². The molecular weight excluding hydrogens is 376 g/mol. The lowest BCUT2D eigenvalue weighted by Crippen LogP contribution is -2.09. The van der Waals surface area contributed by atoms with Crippen molar-refractivity contribution in [3.63, 3.8) is 0 Å². The summed E-state index contributed by atoms with van der Waals surface area (Å²) in [5.41, 5.74) is 0.475. The van der Waals surface area contributed by atoms with Crippen molar-refractivity contribution in [3.05, 3.63) is 66.4 Å². The van der Waals surface area contributed by atoms with Crippen molar-refractivity contribution >= 4 is 5.97 Å². The van der Waals surface area contributed by atoms with Crippen LogP contribution >= 0.6 is 0 Å². The predicted molar refractivity (Wildman–Crippen MR) is 121 cm³/mol. The van der Waals surface area contributed by atoms with E-state index in [-0.39, 0.29) is 0 Å². The Morgan fingerprint density at radius 2 is 1.57 bits per heavy atom. The highest BCUT2D eigenvalue weighted by atomic mass is 16.5. The van der Waals surface area contributed by atoms with Crippen molar-refractivity contribution < 1.29 is 19.0 Å². The molecule has 162 valence electrons. The van der Waals surface area contributed by atoms with Crippen LogP contribution in [0.2, 0.25) is 0 Å². The van der Waals surface area contributed by atoms with E-state index in [1.165, 1.54) is 25.7 Å². The maximum absolute atomic E-state index is 12.3. The fourth-order valence-electron chi connectivity index (χ4n) is 2.68. The second-order valence-corrected chi connectivity index (χ2v) is 7.55. The van der Waals surface area contributed by atoms with Crippen LogP contribution in [-0.4, -0.2) is 12.6 Å². The Balaban J connectivity index is 1.78. The Kier molecular flexibility index (Phi) is 10.6. The number of ether oxygens (including phenoxy) is 3. The summed E-state index contributed by atoms with van der Waals surface area (Å²) in [5, 5.41) is 0. The third kappa shape index (κ3) is 8.73. The van der Waals surface area contributed by atoms with Gasteiger partial charge in [0.1, 0.15) is 17.2 Å². The second-order valence-electron chi connectivity index (χ2n) is 7.55. The highest BCUT2D eigenvalue weighted by molar-refractivity contribution is 5.91. The van der Waals surface area contributed by atoms with E-state index in [1.807, 2.05) is 18.2 Å². The number of hydrogen-bond acceptors (Lipinski definition) is 4. The molecule has 0 bridgehead atoms. The molecule has 4 nitrogen and oxygen atoms in total. The Morgan fingerprint density at radius 3 is 2.23 bits per heavy atom. The first-order chi connectivity index (χ1) is 14.6. The molecule has 0 heterocycles. The first-order valence-corrected chi connectivity index (χ1v) is 11.0. The van der Waals surface area contributed by atoms with Crippen LogP contribution in [0.3, 0.4) is 0 Å². The fraction of sp³-hybridized carbons (Fsp3) is 0.423. The number of allylic oxidation sites excluding steroid dienone is 1. The molecule has 1 atom stereocenters. The van der Waals surface area contributed by atoms with E-state index in [0.29, 0.717) is 29.6 Å². The number of hydrogen-bond donors (Lipinski definition) is 0. The van der Waals surface area contributed by atoms with E-state index in [4.69, 9.17) is 14.2 Å². The van der Waals surface area contributed by atoms with Crippen LogP contribution in [0.4, 0.5) is 0 Å². The molecule has 0 amide bonds. The summed E-state index contributed by atoms with van der Waals surface area (Å²) < 4.78 is 16.7. The number of carbonyl (C=O) groups is 1. The van der Waals surface area contributed by atoms with Crippen LogP contribution in [0.1, 0.15) is 69.7 Å². The third-order valence-electron chi connectivity index (χ3n) is 4.88. The van der Waals surface area contributed by atoms with Gasteiger partial charge >= 0.3 is 5.97 Å². The van der Waals surface area contributed by atoms with Gasteiger partial charge in [0.05, 0.1) is 18.4 Å². The van der Waals surface area contributed by atoms with Crippen LogP contribution in [0, 0.1) is 5.92 Å². The quantitative estimate of drug-likeness (QED) is 0.152. The molecule has 0 N–H and O–H groups in total. The maximum Gasteiger partial charge on any atom is 0.343 e. The van der Waals surface area contributed by atoms with E-state index in [1.54, 1.807) is 42.7 Å². The largest absolute Gasteiger partial charge is 0.493 e. The van der Waals surface area contributed by atoms with Crippen LogP contribution in [0.15, 0.2) is 60.9 Å². The predicted octanol–water partition coefficient (Wildman–Crippen LogP) is 7.19. The van der Waals surface area contributed by atoms with E-state index in [2.05, 4.69) is 20.8 Å². The third-order valence-corrected chi connectivity index (χ3v) is 4.88. The molecule has 0 spiro atoms. The molecule has 2 rings (SSSR count). The molecule has 1 unspecified atom stereocenters. The summed E-state index contributed by atoms with van der Waals surface area (Å²) in [4.78, 5) is 12.3. The highest BCUT2D eigenvalue weighted by Crippen LogP contribution is 2.20. The number of carbonyl (C=O) groups excluding carboxylic acids is 1. The highest BCUT2D eigenvalue weighted by Gasteiger charge is 2.09. The minimum absolute atomic E-state index is 0.402. The second kappa shape index (κ2) is 13.5. The Morgan fingerprint density at radius 1 is 0.900 bits per heavy atom. The smallest absolute Gasteiger partial charge is 0.343 e. The first-order valence-electron chi connectivity index (χ1n) is 11.0. The number of rotatable bonds is 13. The number of unbranched alkanes of at least 4 members (excludes halogenated alkanes) is 4. The summed E-state index contributed by atoms with van der Waals surface area (Å²) in [7, 11) is 0. The van der Waals surface area contributed by atoms with E-state index < -0.39 is 5.97 Å². The van der Waals surface area contributed by atoms with Crippen molar-refractivity contribution in [2.24, 2.45) is 5.92 Å². The number of esters is 1. The molecule has 0 aliphatic heterocycles. The molecule has 0 aliphatic rings. The topological polar surface area (TPSA) is 44.8 Å². The summed E-state index contributed by atoms with van der Waals surface area (Å²) in [6.45, 7) is 7.18. The first kappa shape index (κ1) is 23.5. The van der Waals surface area contributed by atoms with Gasteiger partial charge in [0.2, 0.25) is 0 Å². The van der Waals surface area contributed by atoms with Gasteiger partial charge in [0.25, 0.3) is 0 Å². The van der Waals surface area contributed by atoms with Crippen molar-refractivity contribution in [1.82, 2.24) is 0 Å².